The maximum absolute atomic E-state index is 12.5. The molecule has 1 aliphatic rings. The summed E-state index contributed by atoms with van der Waals surface area (Å²) >= 11 is 0. The van der Waals surface area contributed by atoms with E-state index in [2.05, 4.69) is 10.3 Å². The molecular formula is C14H15N3O3. The van der Waals surface area contributed by atoms with Crippen LogP contribution in [-0.2, 0) is 4.79 Å². The summed E-state index contributed by atoms with van der Waals surface area (Å²) in [6.45, 7) is 1.30. The Morgan fingerprint density at radius 2 is 2.15 bits per heavy atom. The number of carbonyl (C=O) groups excluding carboxylic acids is 1. The number of amides is 1. The van der Waals surface area contributed by atoms with Crippen molar-refractivity contribution < 1.29 is 14.7 Å². The SMILES string of the molecule is O=C(O)C1CNCCN1C(=O)c1ccc2cc[nH]c2c1. The molecule has 0 radical (unpaired) electrons. The van der Waals surface area contributed by atoms with E-state index in [1.807, 2.05) is 18.3 Å². The summed E-state index contributed by atoms with van der Waals surface area (Å²) in [6.07, 6.45) is 1.81. The summed E-state index contributed by atoms with van der Waals surface area (Å²) in [5.41, 5.74) is 1.38. The molecule has 1 unspecified atom stereocenters. The van der Waals surface area contributed by atoms with Gasteiger partial charge in [-0.2, -0.15) is 0 Å². The zero-order valence-electron chi connectivity index (χ0n) is 10.8. The normalized spacial score (nSPS) is 19.2. The molecule has 1 fully saturated rings. The van der Waals surface area contributed by atoms with E-state index in [4.69, 9.17) is 0 Å². The van der Waals surface area contributed by atoms with Crippen LogP contribution in [0.5, 0.6) is 0 Å². The van der Waals surface area contributed by atoms with Crippen molar-refractivity contribution in [2.24, 2.45) is 0 Å². The number of hydrogen-bond donors (Lipinski definition) is 3. The fraction of sp³-hybridized carbons (Fsp3) is 0.286. The van der Waals surface area contributed by atoms with Gasteiger partial charge < -0.3 is 20.3 Å². The fourth-order valence-corrected chi connectivity index (χ4v) is 2.51. The van der Waals surface area contributed by atoms with E-state index in [0.717, 1.165) is 10.9 Å². The molecule has 1 aromatic carbocycles. The third-order valence-electron chi connectivity index (χ3n) is 3.59. The average molecular weight is 273 g/mol. The number of aromatic nitrogens is 1. The van der Waals surface area contributed by atoms with Crippen molar-refractivity contribution >= 4 is 22.8 Å². The lowest BCUT2D eigenvalue weighted by atomic mass is 10.1. The van der Waals surface area contributed by atoms with Crippen molar-refractivity contribution in [2.45, 2.75) is 6.04 Å². The molecule has 2 heterocycles. The lowest BCUT2D eigenvalue weighted by Gasteiger charge is -2.33. The predicted octanol–water partition coefficient (Wildman–Crippen LogP) is 0.667. The monoisotopic (exact) mass is 273 g/mol. The van der Waals surface area contributed by atoms with Crippen LogP contribution < -0.4 is 5.32 Å². The highest BCUT2D eigenvalue weighted by atomic mass is 16.4. The molecule has 2 aromatic rings. The van der Waals surface area contributed by atoms with E-state index in [0.29, 0.717) is 18.7 Å². The number of aromatic amines is 1. The summed E-state index contributed by atoms with van der Waals surface area (Å²) in [5, 5.41) is 13.2. The molecule has 0 saturated carbocycles. The third-order valence-corrected chi connectivity index (χ3v) is 3.59. The minimum absolute atomic E-state index is 0.240. The Kier molecular flexibility index (Phi) is 3.15. The van der Waals surface area contributed by atoms with Gasteiger partial charge in [0.1, 0.15) is 6.04 Å². The predicted molar refractivity (Wildman–Crippen MR) is 73.6 cm³/mol. The molecule has 20 heavy (non-hydrogen) atoms. The van der Waals surface area contributed by atoms with Gasteiger partial charge in [0, 0.05) is 36.9 Å². The van der Waals surface area contributed by atoms with E-state index >= 15 is 0 Å². The number of aliphatic carboxylic acids is 1. The number of hydrogen-bond acceptors (Lipinski definition) is 3. The Morgan fingerprint density at radius 3 is 2.95 bits per heavy atom. The quantitative estimate of drug-likeness (QED) is 0.750. The molecule has 3 rings (SSSR count). The highest BCUT2D eigenvalue weighted by Crippen LogP contribution is 2.17. The Hall–Kier alpha value is -2.34. The van der Waals surface area contributed by atoms with Crippen LogP contribution in [0.15, 0.2) is 30.5 Å². The Bertz CT molecular complexity index is 664. The third kappa shape index (κ3) is 2.14. The van der Waals surface area contributed by atoms with Crippen LogP contribution in [0.2, 0.25) is 0 Å². The van der Waals surface area contributed by atoms with Crippen molar-refractivity contribution in [3.63, 3.8) is 0 Å². The number of carboxylic acid groups (broad SMARTS) is 1. The van der Waals surface area contributed by atoms with Gasteiger partial charge in [0.05, 0.1) is 0 Å². The van der Waals surface area contributed by atoms with Crippen LogP contribution in [0.25, 0.3) is 10.9 Å². The number of fused-ring (bicyclic) bond motifs is 1. The highest BCUT2D eigenvalue weighted by Gasteiger charge is 2.32. The van der Waals surface area contributed by atoms with Gasteiger partial charge >= 0.3 is 5.97 Å². The van der Waals surface area contributed by atoms with Crippen molar-refractivity contribution in [1.82, 2.24) is 15.2 Å². The van der Waals surface area contributed by atoms with E-state index in [1.165, 1.54) is 4.90 Å². The van der Waals surface area contributed by atoms with Gasteiger partial charge in [-0.05, 0) is 23.6 Å². The smallest absolute Gasteiger partial charge is 0.327 e. The number of piperazine rings is 1. The molecule has 1 amide bonds. The van der Waals surface area contributed by atoms with Crippen molar-refractivity contribution in [3.8, 4) is 0 Å². The summed E-state index contributed by atoms with van der Waals surface area (Å²) < 4.78 is 0. The van der Waals surface area contributed by atoms with Crippen LogP contribution in [0, 0.1) is 0 Å². The fourth-order valence-electron chi connectivity index (χ4n) is 2.51. The van der Waals surface area contributed by atoms with Crippen molar-refractivity contribution in [2.75, 3.05) is 19.6 Å². The van der Waals surface area contributed by atoms with Crippen molar-refractivity contribution in [3.05, 3.63) is 36.0 Å². The summed E-state index contributed by atoms with van der Waals surface area (Å²) in [5.74, 6) is -1.22. The van der Waals surface area contributed by atoms with Gasteiger partial charge in [-0.25, -0.2) is 4.79 Å². The van der Waals surface area contributed by atoms with Gasteiger partial charge in [-0.1, -0.05) is 6.07 Å². The van der Waals surface area contributed by atoms with Crippen LogP contribution in [0.4, 0.5) is 0 Å². The molecule has 3 N–H and O–H groups in total. The lowest BCUT2D eigenvalue weighted by Crippen LogP contribution is -2.56. The maximum Gasteiger partial charge on any atom is 0.327 e. The summed E-state index contributed by atoms with van der Waals surface area (Å²) in [6, 6.07) is 6.47. The topological polar surface area (TPSA) is 85.4 Å². The number of nitrogens with one attached hydrogen (secondary N) is 2. The van der Waals surface area contributed by atoms with Crippen LogP contribution in [0.1, 0.15) is 10.4 Å². The number of carboxylic acids is 1. The molecule has 1 saturated heterocycles. The number of H-pyrrole nitrogens is 1. The second-order valence-corrected chi connectivity index (χ2v) is 4.84. The largest absolute Gasteiger partial charge is 0.480 e. The van der Waals surface area contributed by atoms with Crippen molar-refractivity contribution in [1.29, 1.82) is 0 Å². The number of rotatable bonds is 2. The number of nitrogens with zero attached hydrogens (tertiary/aromatic N) is 1. The molecule has 6 nitrogen and oxygen atoms in total. The second kappa shape index (κ2) is 4.97. The van der Waals surface area contributed by atoms with Gasteiger partial charge in [0.15, 0.2) is 0 Å². The molecule has 104 valence electrons. The molecule has 6 heteroatoms. The minimum atomic E-state index is -0.980. The van der Waals surface area contributed by atoms with E-state index in [1.54, 1.807) is 12.1 Å². The molecule has 0 bridgehead atoms. The van der Waals surface area contributed by atoms with Crippen LogP contribution in [0.3, 0.4) is 0 Å². The van der Waals surface area contributed by atoms with Gasteiger partial charge in [-0.3, -0.25) is 4.79 Å². The van der Waals surface area contributed by atoms with Gasteiger partial charge in [-0.15, -0.1) is 0 Å². The Morgan fingerprint density at radius 1 is 1.30 bits per heavy atom. The maximum atomic E-state index is 12.5. The van der Waals surface area contributed by atoms with Crippen LogP contribution in [-0.4, -0.2) is 52.5 Å². The zero-order valence-corrected chi connectivity index (χ0v) is 10.8. The minimum Gasteiger partial charge on any atom is -0.480 e. The first-order chi connectivity index (χ1) is 9.66. The average Bonchev–Trinajstić information content (AvgIpc) is 2.93. The summed E-state index contributed by atoms with van der Waals surface area (Å²) in [4.78, 5) is 28.2. The molecule has 0 aliphatic carbocycles. The Balaban J connectivity index is 1.91. The van der Waals surface area contributed by atoms with Crippen LogP contribution >= 0.6 is 0 Å². The first kappa shape index (κ1) is 12.7. The standard InChI is InChI=1S/C14H15N3O3/c18-13(17-6-5-15-8-12(17)14(19)20)10-2-1-9-3-4-16-11(9)7-10/h1-4,7,12,15-16H,5-6,8H2,(H,19,20). The molecule has 1 aromatic heterocycles. The van der Waals surface area contributed by atoms with E-state index in [-0.39, 0.29) is 12.5 Å². The van der Waals surface area contributed by atoms with Gasteiger partial charge in [0.25, 0.3) is 5.91 Å². The molecular weight excluding hydrogens is 258 g/mol. The zero-order chi connectivity index (χ0) is 14.1. The van der Waals surface area contributed by atoms with E-state index < -0.39 is 12.0 Å². The number of carbonyl (C=O) groups is 2. The molecule has 1 aliphatic heterocycles. The van der Waals surface area contributed by atoms with E-state index in [9.17, 15) is 14.7 Å². The lowest BCUT2D eigenvalue weighted by molar-refractivity contribution is -0.142. The second-order valence-electron chi connectivity index (χ2n) is 4.84. The number of benzene rings is 1. The molecule has 0 spiro atoms. The first-order valence-corrected chi connectivity index (χ1v) is 6.48. The Labute approximate surface area is 115 Å². The highest BCUT2D eigenvalue weighted by molar-refractivity contribution is 5.99. The first-order valence-electron chi connectivity index (χ1n) is 6.48. The molecule has 1 atom stereocenters. The van der Waals surface area contributed by atoms with Gasteiger partial charge in [0.2, 0.25) is 0 Å². The summed E-state index contributed by atoms with van der Waals surface area (Å²) in [7, 11) is 0.